The number of hydrogen-bond acceptors (Lipinski definition) is 3. The summed E-state index contributed by atoms with van der Waals surface area (Å²) in [7, 11) is 4.11. The van der Waals surface area contributed by atoms with Crippen molar-refractivity contribution in [1.29, 1.82) is 0 Å². The first-order valence-corrected chi connectivity index (χ1v) is 8.07. The van der Waals surface area contributed by atoms with Crippen LogP contribution in [0.25, 0.3) is 11.0 Å². The molecular formula is C18H23N5O. The summed E-state index contributed by atoms with van der Waals surface area (Å²) in [6.07, 6.45) is 5.63. The molecule has 6 heteroatoms. The third-order valence-electron chi connectivity index (χ3n) is 4.13. The predicted molar refractivity (Wildman–Crippen MR) is 96.1 cm³/mol. The van der Waals surface area contributed by atoms with Crippen molar-refractivity contribution in [3.05, 3.63) is 49.1 Å². The Kier molecular flexibility index (Phi) is 4.66. The van der Waals surface area contributed by atoms with Gasteiger partial charge in [0.25, 0.3) is 0 Å². The van der Waals surface area contributed by atoms with Crippen LogP contribution in [0.15, 0.2) is 49.1 Å². The molecule has 0 saturated heterocycles. The number of carbonyl (C=O) groups excluding carboxylic acids is 1. The molecule has 6 nitrogen and oxygen atoms in total. The number of amides is 1. The lowest BCUT2D eigenvalue weighted by atomic mass is 10.2. The van der Waals surface area contributed by atoms with Gasteiger partial charge in [-0.3, -0.25) is 4.79 Å². The maximum atomic E-state index is 12.4. The van der Waals surface area contributed by atoms with Crippen LogP contribution >= 0.6 is 0 Å². The zero-order chi connectivity index (χ0) is 17.1. The van der Waals surface area contributed by atoms with E-state index in [-0.39, 0.29) is 11.9 Å². The molecule has 2 heterocycles. The third kappa shape index (κ3) is 3.49. The number of aromatic nitrogens is 3. The first kappa shape index (κ1) is 16.3. The number of nitrogens with zero attached hydrogens (tertiary/aromatic N) is 4. The lowest BCUT2D eigenvalue weighted by molar-refractivity contribution is -0.118. The standard InChI is InChI=1S/C18H23N5O/c1-14(22-8-4-5-9-22)18(24)20-15-6-7-17-16(12-15)19-13-23(17)11-10-21(2)3/h4-9,12-14H,10-11H2,1-3H3,(H,20,24)/t14-/m1/s1. The van der Waals surface area contributed by atoms with Crippen molar-refractivity contribution in [3.63, 3.8) is 0 Å². The molecule has 1 atom stereocenters. The highest BCUT2D eigenvalue weighted by molar-refractivity contribution is 5.95. The normalized spacial score (nSPS) is 12.7. The maximum absolute atomic E-state index is 12.4. The van der Waals surface area contributed by atoms with Crippen LogP contribution in [0.1, 0.15) is 13.0 Å². The Morgan fingerprint density at radius 3 is 2.75 bits per heavy atom. The minimum atomic E-state index is -0.256. The van der Waals surface area contributed by atoms with Gasteiger partial charge >= 0.3 is 0 Å². The first-order valence-electron chi connectivity index (χ1n) is 8.07. The van der Waals surface area contributed by atoms with E-state index in [4.69, 9.17) is 0 Å². The molecule has 0 unspecified atom stereocenters. The van der Waals surface area contributed by atoms with Gasteiger partial charge in [0.15, 0.2) is 0 Å². The number of nitrogens with one attached hydrogen (secondary N) is 1. The van der Waals surface area contributed by atoms with E-state index in [1.807, 2.05) is 60.5 Å². The number of fused-ring (bicyclic) bond motifs is 1. The number of likely N-dealkylation sites (N-methyl/N-ethyl adjacent to an activating group) is 1. The molecule has 1 amide bonds. The van der Waals surface area contributed by atoms with Crippen molar-refractivity contribution in [2.45, 2.75) is 19.5 Å². The fourth-order valence-electron chi connectivity index (χ4n) is 2.62. The van der Waals surface area contributed by atoms with E-state index in [9.17, 15) is 4.79 Å². The Morgan fingerprint density at radius 2 is 2.04 bits per heavy atom. The SMILES string of the molecule is C[C@H](C(=O)Nc1ccc2c(c1)ncn2CCN(C)C)n1cccc1. The van der Waals surface area contributed by atoms with Crippen LogP contribution < -0.4 is 5.32 Å². The molecule has 2 aromatic heterocycles. The third-order valence-corrected chi connectivity index (χ3v) is 4.13. The zero-order valence-electron chi connectivity index (χ0n) is 14.3. The van der Waals surface area contributed by atoms with Crippen LogP contribution in [0.2, 0.25) is 0 Å². The monoisotopic (exact) mass is 325 g/mol. The Bertz CT molecular complexity index is 819. The molecule has 0 spiro atoms. The summed E-state index contributed by atoms with van der Waals surface area (Å²) < 4.78 is 4.01. The molecule has 0 radical (unpaired) electrons. The van der Waals surface area contributed by atoms with Gasteiger partial charge in [0, 0.05) is 31.2 Å². The van der Waals surface area contributed by atoms with E-state index in [1.165, 1.54) is 0 Å². The summed E-state index contributed by atoms with van der Waals surface area (Å²) in [5.41, 5.74) is 2.73. The van der Waals surface area contributed by atoms with Crippen LogP contribution in [-0.4, -0.2) is 45.6 Å². The smallest absolute Gasteiger partial charge is 0.247 e. The molecule has 1 N–H and O–H groups in total. The molecule has 3 rings (SSSR count). The molecule has 0 saturated carbocycles. The van der Waals surface area contributed by atoms with E-state index in [0.29, 0.717) is 0 Å². The summed E-state index contributed by atoms with van der Waals surface area (Å²) in [4.78, 5) is 19.0. The van der Waals surface area contributed by atoms with Crippen molar-refractivity contribution in [1.82, 2.24) is 19.0 Å². The Labute approximate surface area is 141 Å². The molecule has 1 aromatic carbocycles. The highest BCUT2D eigenvalue weighted by atomic mass is 16.2. The summed E-state index contributed by atoms with van der Waals surface area (Å²) in [6, 6.07) is 9.42. The highest BCUT2D eigenvalue weighted by Crippen LogP contribution is 2.19. The lowest BCUT2D eigenvalue weighted by Crippen LogP contribution is -2.22. The first-order chi connectivity index (χ1) is 11.5. The molecule has 3 aromatic rings. The Balaban J connectivity index is 1.73. The summed E-state index contributed by atoms with van der Waals surface area (Å²) in [6.45, 7) is 3.72. The van der Waals surface area contributed by atoms with Gasteiger partial charge in [-0.15, -0.1) is 0 Å². The van der Waals surface area contributed by atoms with Gasteiger partial charge in [-0.25, -0.2) is 4.98 Å². The van der Waals surface area contributed by atoms with Crippen molar-refractivity contribution < 1.29 is 4.79 Å². The number of rotatable bonds is 6. The molecule has 24 heavy (non-hydrogen) atoms. The summed E-state index contributed by atoms with van der Waals surface area (Å²) >= 11 is 0. The van der Waals surface area contributed by atoms with Crippen LogP contribution in [0, 0.1) is 0 Å². The van der Waals surface area contributed by atoms with E-state index >= 15 is 0 Å². The van der Waals surface area contributed by atoms with Crippen LogP contribution in [0.4, 0.5) is 5.69 Å². The van der Waals surface area contributed by atoms with Gasteiger partial charge < -0.3 is 19.4 Å². The van der Waals surface area contributed by atoms with Crippen molar-refractivity contribution in [2.24, 2.45) is 0 Å². The summed E-state index contributed by atoms with van der Waals surface area (Å²) in [5.74, 6) is -0.0439. The fraction of sp³-hybridized carbons (Fsp3) is 0.333. The van der Waals surface area contributed by atoms with E-state index in [1.54, 1.807) is 0 Å². The second-order valence-corrected chi connectivity index (χ2v) is 6.24. The molecule has 0 aliphatic carbocycles. The fourth-order valence-corrected chi connectivity index (χ4v) is 2.62. The zero-order valence-corrected chi connectivity index (χ0v) is 14.3. The number of imidazole rings is 1. The second kappa shape index (κ2) is 6.88. The highest BCUT2D eigenvalue weighted by Gasteiger charge is 2.14. The van der Waals surface area contributed by atoms with Gasteiger partial charge in [-0.2, -0.15) is 0 Å². The Morgan fingerprint density at radius 1 is 1.29 bits per heavy atom. The van der Waals surface area contributed by atoms with E-state index < -0.39 is 0 Å². The van der Waals surface area contributed by atoms with Crippen molar-refractivity contribution in [2.75, 3.05) is 26.0 Å². The molecule has 0 aliphatic heterocycles. The van der Waals surface area contributed by atoms with Crippen molar-refractivity contribution >= 4 is 22.6 Å². The average Bonchev–Trinajstić information content (AvgIpc) is 3.21. The lowest BCUT2D eigenvalue weighted by Gasteiger charge is -2.14. The number of carbonyl (C=O) groups is 1. The van der Waals surface area contributed by atoms with Crippen LogP contribution in [-0.2, 0) is 11.3 Å². The topological polar surface area (TPSA) is 55.1 Å². The largest absolute Gasteiger partial charge is 0.342 e. The molecule has 126 valence electrons. The van der Waals surface area contributed by atoms with E-state index in [2.05, 4.69) is 33.9 Å². The predicted octanol–water partition coefficient (Wildman–Crippen LogP) is 2.60. The minimum absolute atomic E-state index is 0.0439. The van der Waals surface area contributed by atoms with E-state index in [0.717, 1.165) is 29.8 Å². The number of benzene rings is 1. The quantitative estimate of drug-likeness (QED) is 0.758. The maximum Gasteiger partial charge on any atom is 0.247 e. The molecular weight excluding hydrogens is 302 g/mol. The van der Waals surface area contributed by atoms with Gasteiger partial charge in [-0.05, 0) is 51.4 Å². The summed E-state index contributed by atoms with van der Waals surface area (Å²) in [5, 5.41) is 2.96. The van der Waals surface area contributed by atoms with Gasteiger partial charge in [0.2, 0.25) is 5.91 Å². The van der Waals surface area contributed by atoms with Crippen LogP contribution in [0.3, 0.4) is 0 Å². The van der Waals surface area contributed by atoms with Crippen LogP contribution in [0.5, 0.6) is 0 Å². The molecule has 0 bridgehead atoms. The Hall–Kier alpha value is -2.60. The molecule has 0 fully saturated rings. The molecule has 0 aliphatic rings. The van der Waals surface area contributed by atoms with Gasteiger partial charge in [-0.1, -0.05) is 0 Å². The second-order valence-electron chi connectivity index (χ2n) is 6.24. The number of hydrogen-bond donors (Lipinski definition) is 1. The van der Waals surface area contributed by atoms with Gasteiger partial charge in [0.05, 0.1) is 17.4 Å². The van der Waals surface area contributed by atoms with Gasteiger partial charge in [0.1, 0.15) is 6.04 Å². The average molecular weight is 325 g/mol. The minimum Gasteiger partial charge on any atom is -0.342 e. The number of anilines is 1. The van der Waals surface area contributed by atoms with Crippen molar-refractivity contribution in [3.8, 4) is 0 Å².